The zero-order valence-corrected chi connectivity index (χ0v) is 14.5. The Balaban J connectivity index is 1.58. The average molecular weight is 325 g/mol. The van der Waals surface area contributed by atoms with E-state index >= 15 is 0 Å². The molecule has 0 unspecified atom stereocenters. The van der Waals surface area contributed by atoms with E-state index in [2.05, 4.69) is 16.9 Å². The molecule has 1 aromatic heterocycles. The Labute approximate surface area is 142 Å². The number of hydrogen-bond acceptors (Lipinski definition) is 4. The number of amides is 1. The monoisotopic (exact) mass is 325 g/mol. The molecule has 0 bridgehead atoms. The van der Waals surface area contributed by atoms with Gasteiger partial charge in [-0.15, -0.1) is 0 Å². The molecule has 0 N–H and O–H groups in total. The van der Waals surface area contributed by atoms with Crippen molar-refractivity contribution in [3.8, 4) is 5.75 Å². The number of benzene rings is 1. The quantitative estimate of drug-likeness (QED) is 0.870. The van der Waals surface area contributed by atoms with E-state index in [9.17, 15) is 4.79 Å². The fourth-order valence-electron chi connectivity index (χ4n) is 2.97. The summed E-state index contributed by atoms with van der Waals surface area (Å²) in [5.41, 5.74) is 2.53. The Morgan fingerprint density at radius 3 is 2.38 bits per heavy atom. The summed E-state index contributed by atoms with van der Waals surface area (Å²) in [5.74, 6) is 1.51. The van der Waals surface area contributed by atoms with E-state index in [1.807, 2.05) is 43.0 Å². The van der Waals surface area contributed by atoms with Crippen LogP contribution in [0.2, 0.25) is 0 Å². The Kier molecular flexibility index (Phi) is 4.79. The van der Waals surface area contributed by atoms with Crippen LogP contribution in [0.3, 0.4) is 0 Å². The van der Waals surface area contributed by atoms with E-state index < -0.39 is 0 Å². The summed E-state index contributed by atoms with van der Waals surface area (Å²) >= 11 is 0. The van der Waals surface area contributed by atoms with Gasteiger partial charge < -0.3 is 9.64 Å². The van der Waals surface area contributed by atoms with Crippen molar-refractivity contribution >= 4 is 5.91 Å². The minimum atomic E-state index is -0.0163. The van der Waals surface area contributed by atoms with Crippen LogP contribution in [0.1, 0.15) is 40.4 Å². The number of nitrogens with zero attached hydrogens (tertiary/aromatic N) is 3. The van der Waals surface area contributed by atoms with Crippen molar-refractivity contribution in [2.24, 2.45) is 0 Å². The summed E-state index contributed by atoms with van der Waals surface area (Å²) in [4.78, 5) is 23.0. The highest BCUT2D eigenvalue weighted by Crippen LogP contribution is 2.20. The first kappa shape index (κ1) is 16.4. The zero-order chi connectivity index (χ0) is 17.1. The van der Waals surface area contributed by atoms with Crippen molar-refractivity contribution in [2.45, 2.75) is 39.7 Å². The minimum absolute atomic E-state index is 0.0163. The molecular formula is C19H23N3O2. The minimum Gasteiger partial charge on any atom is -0.490 e. The number of rotatable bonds is 3. The molecule has 1 fully saturated rings. The number of aryl methyl sites for hydroxylation is 3. The lowest BCUT2D eigenvalue weighted by atomic mass is 10.1. The summed E-state index contributed by atoms with van der Waals surface area (Å²) in [6, 6.07) is 9.85. The van der Waals surface area contributed by atoms with Crippen LogP contribution in [0.5, 0.6) is 5.75 Å². The molecule has 24 heavy (non-hydrogen) atoms. The lowest BCUT2D eigenvalue weighted by molar-refractivity contribution is 0.0589. The van der Waals surface area contributed by atoms with Crippen molar-refractivity contribution in [1.82, 2.24) is 14.9 Å². The molecule has 5 nitrogen and oxygen atoms in total. The number of likely N-dealkylation sites (tertiary alicyclic amines) is 1. The van der Waals surface area contributed by atoms with E-state index in [-0.39, 0.29) is 12.0 Å². The molecule has 2 heterocycles. The van der Waals surface area contributed by atoms with Crippen molar-refractivity contribution < 1.29 is 9.53 Å². The largest absolute Gasteiger partial charge is 0.490 e. The molecule has 126 valence electrons. The second kappa shape index (κ2) is 6.99. The van der Waals surface area contributed by atoms with Crippen LogP contribution in [0.4, 0.5) is 0 Å². The maximum atomic E-state index is 12.6. The van der Waals surface area contributed by atoms with Gasteiger partial charge in [0.15, 0.2) is 0 Å². The molecule has 1 aromatic carbocycles. The second-order valence-electron chi connectivity index (χ2n) is 6.36. The highest BCUT2D eigenvalue weighted by atomic mass is 16.5. The maximum absolute atomic E-state index is 12.6. The van der Waals surface area contributed by atoms with Crippen LogP contribution >= 0.6 is 0 Å². The number of ether oxygens (including phenoxy) is 1. The van der Waals surface area contributed by atoms with Gasteiger partial charge in [0, 0.05) is 31.6 Å². The zero-order valence-electron chi connectivity index (χ0n) is 14.5. The highest BCUT2D eigenvalue weighted by molar-refractivity contribution is 5.92. The van der Waals surface area contributed by atoms with Gasteiger partial charge in [0.05, 0.1) is 0 Å². The first-order valence-electron chi connectivity index (χ1n) is 8.36. The number of aromatic nitrogens is 2. The lowest BCUT2D eigenvalue weighted by Gasteiger charge is -2.32. The fourth-order valence-corrected chi connectivity index (χ4v) is 2.97. The van der Waals surface area contributed by atoms with E-state index in [4.69, 9.17) is 4.74 Å². The van der Waals surface area contributed by atoms with Crippen molar-refractivity contribution in [3.05, 3.63) is 53.1 Å². The van der Waals surface area contributed by atoms with Crippen LogP contribution in [0.25, 0.3) is 0 Å². The van der Waals surface area contributed by atoms with Gasteiger partial charge in [0.1, 0.15) is 23.4 Å². The molecule has 1 saturated heterocycles. The third-order valence-electron chi connectivity index (χ3n) is 4.24. The molecule has 0 radical (unpaired) electrons. The van der Waals surface area contributed by atoms with Crippen LogP contribution in [0, 0.1) is 20.8 Å². The van der Waals surface area contributed by atoms with Crippen molar-refractivity contribution in [1.29, 1.82) is 0 Å². The summed E-state index contributed by atoms with van der Waals surface area (Å²) in [7, 11) is 0. The number of carbonyl (C=O) groups excluding carboxylic acids is 1. The van der Waals surface area contributed by atoms with E-state index in [0.717, 1.165) is 24.3 Å². The molecule has 0 atom stereocenters. The highest BCUT2D eigenvalue weighted by Gasteiger charge is 2.25. The van der Waals surface area contributed by atoms with E-state index in [1.54, 1.807) is 6.07 Å². The smallest absolute Gasteiger partial charge is 0.272 e. The van der Waals surface area contributed by atoms with Gasteiger partial charge in [-0.05, 0) is 39.0 Å². The maximum Gasteiger partial charge on any atom is 0.272 e. The molecule has 1 aliphatic heterocycles. The molecule has 2 aromatic rings. The Bertz CT molecular complexity index is 700. The first-order valence-corrected chi connectivity index (χ1v) is 8.36. The standard InChI is InChI=1S/C19H23N3O2/c1-13-4-6-16(7-5-13)24-17-8-10-22(11-9-17)19(23)18-12-14(2)20-15(3)21-18/h4-7,12,17H,8-11H2,1-3H3. The molecule has 5 heteroatoms. The van der Waals surface area contributed by atoms with Gasteiger partial charge in [-0.1, -0.05) is 17.7 Å². The third kappa shape index (κ3) is 3.91. The number of carbonyl (C=O) groups is 1. The van der Waals surface area contributed by atoms with Gasteiger partial charge in [-0.2, -0.15) is 0 Å². The van der Waals surface area contributed by atoms with Gasteiger partial charge in [0.2, 0.25) is 0 Å². The van der Waals surface area contributed by atoms with Crippen LogP contribution in [-0.4, -0.2) is 40.0 Å². The molecule has 1 aliphatic rings. The normalized spacial score (nSPS) is 15.4. The predicted molar refractivity (Wildman–Crippen MR) is 92.2 cm³/mol. The Morgan fingerprint density at radius 1 is 1.08 bits per heavy atom. The summed E-state index contributed by atoms with van der Waals surface area (Å²) in [6.45, 7) is 7.14. The second-order valence-corrected chi connectivity index (χ2v) is 6.36. The predicted octanol–water partition coefficient (Wildman–Crippen LogP) is 3.09. The molecule has 3 rings (SSSR count). The molecule has 0 aliphatic carbocycles. The first-order chi connectivity index (χ1) is 11.5. The van der Waals surface area contributed by atoms with Gasteiger partial charge in [-0.25, -0.2) is 9.97 Å². The summed E-state index contributed by atoms with van der Waals surface area (Å²) < 4.78 is 6.02. The van der Waals surface area contributed by atoms with E-state index in [0.29, 0.717) is 24.6 Å². The average Bonchev–Trinajstić information content (AvgIpc) is 2.56. The van der Waals surface area contributed by atoms with Crippen LogP contribution in [-0.2, 0) is 0 Å². The summed E-state index contributed by atoms with van der Waals surface area (Å²) in [6.07, 6.45) is 1.83. The molecule has 0 saturated carbocycles. The molecule has 1 amide bonds. The molecule has 0 spiro atoms. The molecular weight excluding hydrogens is 302 g/mol. The van der Waals surface area contributed by atoms with Crippen molar-refractivity contribution in [2.75, 3.05) is 13.1 Å². The van der Waals surface area contributed by atoms with E-state index in [1.165, 1.54) is 5.56 Å². The SMILES string of the molecule is Cc1ccc(OC2CCN(C(=O)c3cc(C)nc(C)n3)CC2)cc1. The summed E-state index contributed by atoms with van der Waals surface area (Å²) in [5, 5.41) is 0. The Morgan fingerprint density at radius 2 is 1.75 bits per heavy atom. The van der Waals surface area contributed by atoms with Gasteiger partial charge >= 0.3 is 0 Å². The van der Waals surface area contributed by atoms with Crippen LogP contribution < -0.4 is 4.74 Å². The number of piperidine rings is 1. The van der Waals surface area contributed by atoms with Crippen molar-refractivity contribution in [3.63, 3.8) is 0 Å². The Hall–Kier alpha value is -2.43. The van der Waals surface area contributed by atoms with Gasteiger partial charge in [0.25, 0.3) is 5.91 Å². The third-order valence-corrected chi connectivity index (χ3v) is 4.24. The topological polar surface area (TPSA) is 55.3 Å². The fraction of sp³-hybridized carbons (Fsp3) is 0.421. The van der Waals surface area contributed by atoms with Crippen LogP contribution in [0.15, 0.2) is 30.3 Å². The lowest BCUT2D eigenvalue weighted by Crippen LogP contribution is -2.42. The number of hydrogen-bond donors (Lipinski definition) is 0. The van der Waals surface area contributed by atoms with Gasteiger partial charge in [-0.3, -0.25) is 4.79 Å².